The fraction of sp³-hybridized carbons (Fsp3) is 0.958. The second kappa shape index (κ2) is 7.04. The van der Waals surface area contributed by atoms with E-state index < -0.39 is 5.97 Å². The van der Waals surface area contributed by atoms with E-state index >= 15 is 0 Å². The highest BCUT2D eigenvalue weighted by atomic mass is 16.4. The molecular weight excluding hydrogens is 336 g/mol. The summed E-state index contributed by atoms with van der Waals surface area (Å²) < 4.78 is 0. The first-order valence-electron chi connectivity index (χ1n) is 11.7. The Morgan fingerprint density at radius 3 is 2.52 bits per heavy atom. The number of rotatable bonds is 4. The Morgan fingerprint density at radius 2 is 1.78 bits per heavy atom. The molecule has 2 unspecified atom stereocenters. The molecule has 0 aromatic rings. The van der Waals surface area contributed by atoms with Gasteiger partial charge in [-0.1, -0.05) is 33.6 Å². The highest BCUT2D eigenvalue weighted by molar-refractivity contribution is 5.66. The van der Waals surface area contributed by atoms with Gasteiger partial charge in [0.15, 0.2) is 0 Å². The van der Waals surface area contributed by atoms with Crippen molar-refractivity contribution in [1.82, 2.24) is 0 Å². The van der Waals surface area contributed by atoms with E-state index in [4.69, 9.17) is 5.11 Å². The number of aliphatic carboxylic acids is 1. The van der Waals surface area contributed by atoms with Crippen LogP contribution in [0, 0.1) is 46.3 Å². The maximum atomic E-state index is 11.2. The Labute approximate surface area is 165 Å². The van der Waals surface area contributed by atoms with Crippen molar-refractivity contribution in [2.24, 2.45) is 46.3 Å². The highest BCUT2D eigenvalue weighted by Crippen LogP contribution is 2.68. The third kappa shape index (κ3) is 3.07. The van der Waals surface area contributed by atoms with Crippen LogP contribution in [-0.2, 0) is 4.79 Å². The summed E-state index contributed by atoms with van der Waals surface area (Å²) in [5.74, 6) is 3.02. The highest BCUT2D eigenvalue weighted by Gasteiger charge is 2.62. The second-order valence-corrected chi connectivity index (χ2v) is 11.2. The third-order valence-corrected chi connectivity index (χ3v) is 10.2. The molecule has 0 aromatic carbocycles. The average Bonchev–Trinajstić information content (AvgIpc) is 2.97. The Morgan fingerprint density at radius 1 is 1.04 bits per heavy atom. The molecule has 2 N–H and O–H groups in total. The smallest absolute Gasteiger partial charge is 0.303 e. The Hall–Kier alpha value is -0.570. The molecule has 3 heteroatoms. The standard InChI is InChI=1S/C24H40O3/c1-15(7-10-21(26)27)17-8-9-18-22-19(11-13-24(17,18)3)23(2)12-5-4-6-16(23)14-20(22)25/h15-20,22,25H,4-14H2,1-3H3,(H,26,27)/t15-,16?,17-,18-,19-,20+,22?,23+,24-/m0/s1. The lowest BCUT2D eigenvalue weighted by atomic mass is 9.44. The number of carboxylic acids is 1. The molecule has 0 aliphatic heterocycles. The minimum atomic E-state index is -0.663. The maximum Gasteiger partial charge on any atom is 0.303 e. The fourth-order valence-electron chi connectivity index (χ4n) is 8.78. The van der Waals surface area contributed by atoms with E-state index in [1.54, 1.807) is 0 Å². The molecule has 4 fully saturated rings. The number of aliphatic hydroxyl groups excluding tert-OH is 1. The lowest BCUT2D eigenvalue weighted by Crippen LogP contribution is -2.57. The summed E-state index contributed by atoms with van der Waals surface area (Å²) in [6.07, 6.45) is 12.5. The van der Waals surface area contributed by atoms with Gasteiger partial charge in [0.05, 0.1) is 6.10 Å². The van der Waals surface area contributed by atoms with Crippen LogP contribution in [0.3, 0.4) is 0 Å². The number of carboxylic acid groups (broad SMARTS) is 1. The summed E-state index contributed by atoms with van der Waals surface area (Å²) in [4.78, 5) is 11.0. The molecular formula is C24H40O3. The van der Waals surface area contributed by atoms with Crippen molar-refractivity contribution in [1.29, 1.82) is 0 Å². The van der Waals surface area contributed by atoms with Crippen molar-refractivity contribution in [3.8, 4) is 0 Å². The predicted molar refractivity (Wildman–Crippen MR) is 107 cm³/mol. The molecule has 4 aliphatic rings. The number of hydrogen-bond donors (Lipinski definition) is 2. The van der Waals surface area contributed by atoms with Crippen LogP contribution in [0.2, 0.25) is 0 Å². The molecule has 4 aliphatic carbocycles. The van der Waals surface area contributed by atoms with Crippen molar-refractivity contribution in [2.75, 3.05) is 0 Å². The van der Waals surface area contributed by atoms with Crippen LogP contribution in [0.4, 0.5) is 0 Å². The second-order valence-electron chi connectivity index (χ2n) is 11.2. The number of fused-ring (bicyclic) bond motifs is 5. The van der Waals surface area contributed by atoms with Crippen LogP contribution in [0.15, 0.2) is 0 Å². The molecule has 154 valence electrons. The predicted octanol–water partition coefficient (Wildman–Crippen LogP) is 5.51. The monoisotopic (exact) mass is 376 g/mol. The van der Waals surface area contributed by atoms with E-state index in [0.29, 0.717) is 46.8 Å². The van der Waals surface area contributed by atoms with Crippen LogP contribution < -0.4 is 0 Å². The Bertz CT molecular complexity index is 574. The zero-order chi connectivity index (χ0) is 19.4. The summed E-state index contributed by atoms with van der Waals surface area (Å²) in [5.41, 5.74) is 0.758. The van der Waals surface area contributed by atoms with Crippen molar-refractivity contribution in [3.05, 3.63) is 0 Å². The van der Waals surface area contributed by atoms with Gasteiger partial charge in [0.25, 0.3) is 0 Å². The van der Waals surface area contributed by atoms with Gasteiger partial charge < -0.3 is 10.2 Å². The van der Waals surface area contributed by atoms with Gasteiger partial charge in [-0.3, -0.25) is 4.79 Å². The normalized spacial score (nSPS) is 50.4. The van der Waals surface area contributed by atoms with Gasteiger partial charge in [-0.05, 0) is 97.7 Å². The van der Waals surface area contributed by atoms with Crippen molar-refractivity contribution >= 4 is 5.97 Å². The lowest BCUT2D eigenvalue weighted by Gasteiger charge is -2.62. The van der Waals surface area contributed by atoms with Crippen molar-refractivity contribution in [2.45, 2.75) is 97.5 Å². The van der Waals surface area contributed by atoms with E-state index in [-0.39, 0.29) is 6.10 Å². The number of aliphatic hydroxyl groups is 1. The summed E-state index contributed by atoms with van der Waals surface area (Å²) in [6.45, 7) is 7.33. The van der Waals surface area contributed by atoms with Crippen LogP contribution in [0.1, 0.15) is 91.4 Å². The van der Waals surface area contributed by atoms with E-state index in [1.165, 1.54) is 51.4 Å². The van der Waals surface area contributed by atoms with E-state index in [1.807, 2.05) is 0 Å². The molecule has 9 atom stereocenters. The molecule has 0 bridgehead atoms. The van der Waals surface area contributed by atoms with Gasteiger partial charge in [-0.2, -0.15) is 0 Å². The summed E-state index contributed by atoms with van der Waals surface area (Å²) >= 11 is 0. The Kier molecular flexibility index (Phi) is 5.15. The third-order valence-electron chi connectivity index (χ3n) is 10.2. The van der Waals surface area contributed by atoms with Crippen LogP contribution >= 0.6 is 0 Å². The van der Waals surface area contributed by atoms with Gasteiger partial charge in [0.1, 0.15) is 0 Å². The molecule has 0 aromatic heterocycles. The van der Waals surface area contributed by atoms with E-state index in [2.05, 4.69) is 20.8 Å². The molecule has 0 spiro atoms. The molecule has 4 rings (SSSR count). The molecule has 0 heterocycles. The molecule has 3 nitrogen and oxygen atoms in total. The van der Waals surface area contributed by atoms with Gasteiger partial charge in [0, 0.05) is 6.42 Å². The number of carbonyl (C=O) groups is 1. The zero-order valence-corrected chi connectivity index (χ0v) is 17.6. The van der Waals surface area contributed by atoms with Crippen LogP contribution in [0.5, 0.6) is 0 Å². The van der Waals surface area contributed by atoms with Crippen molar-refractivity contribution in [3.63, 3.8) is 0 Å². The van der Waals surface area contributed by atoms with Gasteiger partial charge >= 0.3 is 5.97 Å². The van der Waals surface area contributed by atoms with Crippen LogP contribution in [0.25, 0.3) is 0 Å². The first kappa shape index (κ1) is 19.7. The van der Waals surface area contributed by atoms with Crippen LogP contribution in [-0.4, -0.2) is 22.3 Å². The summed E-state index contributed by atoms with van der Waals surface area (Å²) in [5, 5.41) is 20.3. The number of hydrogen-bond acceptors (Lipinski definition) is 2. The average molecular weight is 377 g/mol. The fourth-order valence-corrected chi connectivity index (χ4v) is 8.78. The molecule has 27 heavy (non-hydrogen) atoms. The SMILES string of the molecule is C[C@@H](CCC(=O)O)[C@@H]1CC[C@H]2C3[C@H](O)CC4CCCC[C@@]4(C)[C@H]3CC[C@]21C. The van der Waals surface area contributed by atoms with Gasteiger partial charge in [-0.25, -0.2) is 0 Å². The minimum absolute atomic E-state index is 0.108. The lowest BCUT2D eigenvalue weighted by molar-refractivity contribution is -0.164. The summed E-state index contributed by atoms with van der Waals surface area (Å²) in [7, 11) is 0. The van der Waals surface area contributed by atoms with E-state index in [9.17, 15) is 9.90 Å². The zero-order valence-electron chi connectivity index (χ0n) is 17.6. The van der Waals surface area contributed by atoms with E-state index in [0.717, 1.165) is 18.8 Å². The Balaban J connectivity index is 1.56. The van der Waals surface area contributed by atoms with Gasteiger partial charge in [0.2, 0.25) is 0 Å². The molecule has 0 amide bonds. The topological polar surface area (TPSA) is 57.5 Å². The maximum absolute atomic E-state index is 11.2. The summed E-state index contributed by atoms with van der Waals surface area (Å²) in [6, 6.07) is 0. The first-order chi connectivity index (χ1) is 12.8. The first-order valence-corrected chi connectivity index (χ1v) is 11.7. The molecule has 0 radical (unpaired) electrons. The molecule has 0 saturated heterocycles. The largest absolute Gasteiger partial charge is 0.481 e. The molecule has 4 saturated carbocycles. The van der Waals surface area contributed by atoms with Crippen molar-refractivity contribution < 1.29 is 15.0 Å². The minimum Gasteiger partial charge on any atom is -0.481 e. The quantitative estimate of drug-likeness (QED) is 0.680. The van der Waals surface area contributed by atoms with Gasteiger partial charge in [-0.15, -0.1) is 0 Å².